The van der Waals surface area contributed by atoms with Crippen molar-refractivity contribution in [3.63, 3.8) is 0 Å². The van der Waals surface area contributed by atoms with Crippen LogP contribution in [0.25, 0.3) is 0 Å². The number of thioether (sulfide) groups is 1. The molecular formula is C23H18F3N3O3S. The number of Topliss-reactive ketones (excluding diaryl/α,β-unsaturated/α-hetero) is 1. The lowest BCUT2D eigenvalue weighted by Gasteiger charge is -2.32. The number of alkyl halides is 3. The van der Waals surface area contributed by atoms with Crippen molar-refractivity contribution in [2.75, 3.05) is 11.1 Å². The molecule has 1 aromatic carbocycles. The van der Waals surface area contributed by atoms with Gasteiger partial charge in [-0.2, -0.15) is 18.4 Å². The van der Waals surface area contributed by atoms with Gasteiger partial charge in [0.15, 0.2) is 5.78 Å². The van der Waals surface area contributed by atoms with E-state index in [1.54, 1.807) is 12.1 Å². The molecule has 1 amide bonds. The molecule has 2 heterocycles. The molecule has 0 unspecified atom stereocenters. The minimum atomic E-state index is -4.52. The fourth-order valence-corrected chi connectivity index (χ4v) is 4.75. The Balaban J connectivity index is 1.54. The van der Waals surface area contributed by atoms with E-state index < -0.39 is 23.6 Å². The first-order valence-corrected chi connectivity index (χ1v) is 11.1. The van der Waals surface area contributed by atoms with E-state index >= 15 is 0 Å². The van der Waals surface area contributed by atoms with Crippen LogP contribution in [0.2, 0.25) is 0 Å². The fourth-order valence-electron chi connectivity index (χ4n) is 3.89. The number of dihydropyridines is 1. The Bertz CT molecular complexity index is 1190. The second-order valence-electron chi connectivity index (χ2n) is 7.51. The number of rotatable bonds is 5. The van der Waals surface area contributed by atoms with Gasteiger partial charge in [-0.15, -0.1) is 0 Å². The van der Waals surface area contributed by atoms with E-state index in [1.165, 1.54) is 18.4 Å². The Morgan fingerprint density at radius 2 is 2.09 bits per heavy atom. The first-order valence-electron chi connectivity index (χ1n) is 10.1. The van der Waals surface area contributed by atoms with Gasteiger partial charge in [0, 0.05) is 23.4 Å². The van der Waals surface area contributed by atoms with E-state index in [0.717, 1.165) is 23.9 Å². The molecule has 2 N–H and O–H groups in total. The van der Waals surface area contributed by atoms with Crippen LogP contribution >= 0.6 is 11.8 Å². The van der Waals surface area contributed by atoms with Crippen molar-refractivity contribution in [1.29, 1.82) is 5.26 Å². The standard InChI is InChI=1S/C23H18F3N3O3S/c24-23(25,26)13-4-1-5-14(10-13)28-19(31)12-33-22-15(11-27)20(18-8-3-9-32-18)21-16(29-22)6-2-7-17(21)30/h1,3-5,8-10,20,29H,2,6-7,12H2,(H,28,31)/t20-/m1/s1. The topological polar surface area (TPSA) is 95.1 Å². The van der Waals surface area contributed by atoms with E-state index in [9.17, 15) is 28.0 Å². The highest BCUT2D eigenvalue weighted by Gasteiger charge is 2.38. The molecule has 33 heavy (non-hydrogen) atoms. The summed E-state index contributed by atoms with van der Waals surface area (Å²) >= 11 is 1.05. The molecule has 2 aliphatic rings. The van der Waals surface area contributed by atoms with Gasteiger partial charge >= 0.3 is 6.18 Å². The van der Waals surface area contributed by atoms with E-state index in [1.807, 2.05) is 0 Å². The summed E-state index contributed by atoms with van der Waals surface area (Å²) in [6, 6.07) is 9.88. The number of carbonyl (C=O) groups is 2. The van der Waals surface area contributed by atoms with Crippen molar-refractivity contribution in [2.24, 2.45) is 0 Å². The number of nitrogens with zero attached hydrogens (tertiary/aromatic N) is 1. The van der Waals surface area contributed by atoms with Crippen molar-refractivity contribution in [2.45, 2.75) is 31.4 Å². The molecule has 1 aromatic heterocycles. The molecule has 2 aromatic rings. The number of allylic oxidation sites excluding steroid dienone is 3. The Kier molecular flexibility index (Phi) is 6.33. The average molecular weight is 473 g/mol. The van der Waals surface area contributed by atoms with Gasteiger partial charge in [-0.25, -0.2) is 0 Å². The maximum absolute atomic E-state index is 12.9. The van der Waals surface area contributed by atoms with Crippen LogP contribution in [0.15, 0.2) is 69.0 Å². The molecule has 0 spiro atoms. The van der Waals surface area contributed by atoms with Crippen LogP contribution in [0.5, 0.6) is 0 Å². The first-order chi connectivity index (χ1) is 15.8. The molecule has 4 rings (SSSR count). The lowest BCUT2D eigenvalue weighted by molar-refractivity contribution is -0.137. The van der Waals surface area contributed by atoms with Gasteiger partial charge in [0.2, 0.25) is 5.91 Å². The number of halogens is 3. The Hall–Kier alpha value is -3.45. The summed E-state index contributed by atoms with van der Waals surface area (Å²) in [5, 5.41) is 15.9. The number of hydrogen-bond donors (Lipinski definition) is 2. The van der Waals surface area contributed by atoms with Gasteiger partial charge in [-0.1, -0.05) is 17.8 Å². The van der Waals surface area contributed by atoms with Crippen molar-refractivity contribution in [3.05, 3.63) is 75.9 Å². The molecule has 0 saturated carbocycles. The molecule has 0 saturated heterocycles. The first kappa shape index (κ1) is 22.7. The zero-order valence-corrected chi connectivity index (χ0v) is 18.0. The minimum absolute atomic E-state index is 0.0258. The zero-order chi connectivity index (χ0) is 23.6. The third-order valence-corrected chi connectivity index (χ3v) is 6.33. The van der Waals surface area contributed by atoms with Crippen LogP contribution in [0, 0.1) is 11.3 Å². The molecule has 6 nitrogen and oxygen atoms in total. The summed E-state index contributed by atoms with van der Waals surface area (Å²) in [4.78, 5) is 25.1. The monoisotopic (exact) mass is 473 g/mol. The third-order valence-electron chi connectivity index (χ3n) is 5.31. The molecule has 1 atom stereocenters. The molecule has 10 heteroatoms. The van der Waals surface area contributed by atoms with Gasteiger partial charge in [0.25, 0.3) is 0 Å². The van der Waals surface area contributed by atoms with E-state index in [2.05, 4.69) is 16.7 Å². The van der Waals surface area contributed by atoms with Crippen molar-refractivity contribution < 1.29 is 27.2 Å². The number of benzene rings is 1. The maximum atomic E-state index is 12.9. The van der Waals surface area contributed by atoms with Crippen LogP contribution in [-0.2, 0) is 15.8 Å². The highest BCUT2D eigenvalue weighted by molar-refractivity contribution is 8.03. The van der Waals surface area contributed by atoms with Gasteiger partial charge in [-0.3, -0.25) is 9.59 Å². The molecule has 170 valence electrons. The average Bonchev–Trinajstić information content (AvgIpc) is 3.31. The predicted octanol–water partition coefficient (Wildman–Crippen LogP) is 5.10. The number of carbonyl (C=O) groups excluding carboxylic acids is 2. The summed E-state index contributed by atoms with van der Waals surface area (Å²) in [5.41, 5.74) is 0.630. The van der Waals surface area contributed by atoms with E-state index in [-0.39, 0.29) is 22.8 Å². The van der Waals surface area contributed by atoms with Gasteiger partial charge in [0.1, 0.15) is 5.76 Å². The van der Waals surface area contributed by atoms with Crippen LogP contribution in [0.4, 0.5) is 18.9 Å². The number of amides is 1. The van der Waals surface area contributed by atoms with E-state index in [0.29, 0.717) is 41.3 Å². The smallest absolute Gasteiger partial charge is 0.416 e. The lowest BCUT2D eigenvalue weighted by Crippen LogP contribution is -2.31. The van der Waals surface area contributed by atoms with Crippen LogP contribution in [0.1, 0.15) is 36.5 Å². The molecule has 1 aliphatic carbocycles. The third kappa shape index (κ3) is 4.83. The van der Waals surface area contributed by atoms with Crippen LogP contribution < -0.4 is 10.6 Å². The van der Waals surface area contributed by atoms with Gasteiger partial charge < -0.3 is 15.1 Å². The quantitative estimate of drug-likeness (QED) is 0.628. The number of ketones is 1. The number of nitriles is 1. The second kappa shape index (κ2) is 9.19. The van der Waals surface area contributed by atoms with E-state index in [4.69, 9.17) is 4.42 Å². The predicted molar refractivity (Wildman–Crippen MR) is 116 cm³/mol. The lowest BCUT2D eigenvalue weighted by atomic mass is 9.79. The number of furan rings is 1. The summed E-state index contributed by atoms with van der Waals surface area (Å²) < 4.78 is 44.2. The number of nitrogens with one attached hydrogen (secondary N) is 2. The zero-order valence-electron chi connectivity index (χ0n) is 17.2. The second-order valence-corrected chi connectivity index (χ2v) is 8.50. The molecule has 0 bridgehead atoms. The number of anilines is 1. The Morgan fingerprint density at radius 1 is 1.27 bits per heavy atom. The summed E-state index contributed by atoms with van der Waals surface area (Å²) in [6.45, 7) is 0. The largest absolute Gasteiger partial charge is 0.468 e. The van der Waals surface area contributed by atoms with Crippen LogP contribution in [0.3, 0.4) is 0 Å². The van der Waals surface area contributed by atoms with Gasteiger partial charge in [0.05, 0.1) is 40.2 Å². The fraction of sp³-hybridized carbons (Fsp3) is 0.261. The van der Waals surface area contributed by atoms with Crippen LogP contribution in [-0.4, -0.2) is 17.4 Å². The normalized spacial score (nSPS) is 18.5. The summed E-state index contributed by atoms with van der Waals surface area (Å²) in [5.74, 6) is -0.930. The van der Waals surface area contributed by atoms with Crippen molar-refractivity contribution in [3.8, 4) is 6.07 Å². The molecule has 0 radical (unpaired) electrons. The molecule has 1 aliphatic heterocycles. The SMILES string of the molecule is N#CC1=C(SCC(=O)Nc2cccc(C(F)(F)F)c2)NC2=C(C(=O)CCC2)[C@H]1c1ccco1. The highest BCUT2D eigenvalue weighted by Crippen LogP contribution is 2.44. The maximum Gasteiger partial charge on any atom is 0.416 e. The number of hydrogen-bond acceptors (Lipinski definition) is 6. The highest BCUT2D eigenvalue weighted by atomic mass is 32.2. The Morgan fingerprint density at radius 3 is 2.79 bits per heavy atom. The summed E-state index contributed by atoms with van der Waals surface area (Å²) in [6.07, 6.45) is -1.37. The summed E-state index contributed by atoms with van der Waals surface area (Å²) in [7, 11) is 0. The van der Waals surface area contributed by atoms with Crippen molar-refractivity contribution in [1.82, 2.24) is 5.32 Å². The minimum Gasteiger partial charge on any atom is -0.468 e. The van der Waals surface area contributed by atoms with Gasteiger partial charge in [-0.05, 0) is 43.2 Å². The molecular weight excluding hydrogens is 455 g/mol. The van der Waals surface area contributed by atoms with Crippen molar-refractivity contribution >= 4 is 29.1 Å². The Labute approximate surface area is 191 Å². The molecule has 0 fully saturated rings.